The summed E-state index contributed by atoms with van der Waals surface area (Å²) in [7, 11) is 8.22. The highest BCUT2D eigenvalue weighted by atomic mass is 16.6. The number of amides is 15. The van der Waals surface area contributed by atoms with Gasteiger partial charge in [0.1, 0.15) is 55.1 Å². The summed E-state index contributed by atoms with van der Waals surface area (Å²) in [5.74, 6) is -13.8. The average molecular weight is 1810 g/mol. The molecule has 3 unspecified atom stereocenters. The van der Waals surface area contributed by atoms with E-state index in [0.717, 1.165) is 0 Å². The molecule has 1 aliphatic heterocycles. The predicted octanol–water partition coefficient (Wildman–Crippen LogP) is -5.16. The number of carbonyl (C=O) groups excluding carboxylic acids is 16. The van der Waals surface area contributed by atoms with E-state index in [2.05, 4.69) is 69.1 Å². The van der Waals surface area contributed by atoms with Gasteiger partial charge in [-0.3, -0.25) is 72.0 Å². The molecule has 0 saturated carbocycles. The number of likely N-dealkylation sites (N-methyl/N-ethyl adjacent to an activating group) is 2. The maximum Gasteiger partial charge on any atom is 0.407 e. The number of esters is 1. The zero-order valence-electron chi connectivity index (χ0n) is 76.0. The molecule has 1 aliphatic rings. The molecular weight excluding hydrogens is 1670 g/mol. The third kappa shape index (κ3) is 42.9. The summed E-state index contributed by atoms with van der Waals surface area (Å²) in [6.07, 6.45) is -10.9. The lowest BCUT2D eigenvalue weighted by atomic mass is 9.89. The van der Waals surface area contributed by atoms with Crippen molar-refractivity contribution in [1.29, 1.82) is 0 Å². The number of nitrogens with one attached hydrogen (secondary N) is 13. The Morgan fingerprint density at radius 1 is 0.567 bits per heavy atom. The minimum Gasteiger partial charge on any atom is -0.480 e. The van der Waals surface area contributed by atoms with E-state index in [1.807, 2.05) is 81.3 Å². The van der Waals surface area contributed by atoms with Crippen molar-refractivity contribution in [1.82, 2.24) is 83.8 Å². The highest BCUT2D eigenvalue weighted by Gasteiger charge is 2.44. The molecule has 0 spiro atoms. The van der Waals surface area contributed by atoms with E-state index in [4.69, 9.17) is 28.8 Å². The van der Waals surface area contributed by atoms with Crippen LogP contribution in [0.1, 0.15) is 146 Å². The average Bonchev–Trinajstić information content (AvgIpc) is 1.78. The zero-order chi connectivity index (χ0) is 96.0. The van der Waals surface area contributed by atoms with Crippen LogP contribution in [-0.4, -0.2) is 358 Å². The third-order valence-electron chi connectivity index (χ3n) is 20.7. The van der Waals surface area contributed by atoms with Gasteiger partial charge in [0.25, 0.3) is 0 Å². The minimum atomic E-state index is -2.05. The molecule has 0 bridgehead atoms. The van der Waals surface area contributed by atoms with E-state index in [9.17, 15) is 107 Å². The van der Waals surface area contributed by atoms with Gasteiger partial charge in [0.05, 0.1) is 101 Å². The normalized spacial score (nSPS) is 16.2. The number of ether oxygens (including phenoxy) is 5. The van der Waals surface area contributed by atoms with Gasteiger partial charge in [0, 0.05) is 86.1 Å². The molecule has 1 heterocycles. The summed E-state index contributed by atoms with van der Waals surface area (Å²) in [5, 5.41) is 89.8. The van der Waals surface area contributed by atoms with Crippen LogP contribution in [0.3, 0.4) is 0 Å². The number of benzene rings is 1. The zero-order valence-corrected chi connectivity index (χ0v) is 76.0. The second kappa shape index (κ2) is 58.9. The first kappa shape index (κ1) is 113. The Balaban J connectivity index is 2.07. The van der Waals surface area contributed by atoms with Crippen molar-refractivity contribution in [2.24, 2.45) is 29.1 Å². The number of hydrogen-bond donors (Lipinski definition) is 19. The SMILES string of the molecule is CC[C@H](C)[C@@H]([C@@H](CC(=O)N1CCC[C@H]1[C@H](OC)[C@@H](C)C(=O)N[C@@H](Cc1ccccc1)C(=O)NCCCOC(=O)C(C)NC(=O)CCNC(=O)OCC(NC(=O)CNC(=O)CNC(=O)CNC(=O)CNC(=O)CCNC(=O)CCOCC(C)(C)C)C(=O)NC(CCC(=O)NC[C@H](O)[C@@H](O)[C@H](O)[C@H](O)CO)C(=O)O)OC)N(C)C(=O)[C@@H](NC(=O)[C@H](C(C)C)N(C)C)C(C)C. The lowest BCUT2D eigenvalue weighted by molar-refractivity contribution is -0.148. The fraction of sp³-hybridized carbons (Fsp3) is 0.723. The summed E-state index contributed by atoms with van der Waals surface area (Å²) in [6.45, 7) is 15.0. The van der Waals surface area contributed by atoms with Gasteiger partial charge in [-0.15, -0.1) is 0 Å². The van der Waals surface area contributed by atoms with Crippen molar-refractivity contribution in [2.75, 3.05) is 127 Å². The molecule has 1 aromatic rings. The number of nitrogens with zero attached hydrogens (tertiary/aromatic N) is 3. The van der Waals surface area contributed by atoms with Gasteiger partial charge in [-0.05, 0) is 75.4 Å². The number of alkyl carbamates (subject to hydrolysis) is 1. The van der Waals surface area contributed by atoms with Crippen LogP contribution in [0.2, 0.25) is 0 Å². The van der Waals surface area contributed by atoms with Crippen LogP contribution in [0, 0.1) is 29.1 Å². The van der Waals surface area contributed by atoms with E-state index >= 15 is 0 Å². The van der Waals surface area contributed by atoms with Gasteiger partial charge in [-0.1, -0.05) is 106 Å². The Bertz CT molecular complexity index is 3700. The molecule has 1 saturated heterocycles. The maximum atomic E-state index is 14.6. The molecule has 44 heteroatoms. The van der Waals surface area contributed by atoms with Gasteiger partial charge >= 0.3 is 18.0 Å². The quantitative estimate of drug-likeness (QED) is 0.0214. The molecule has 720 valence electrons. The Hall–Kier alpha value is -10.3. The fourth-order valence-electron chi connectivity index (χ4n) is 13.5. The summed E-state index contributed by atoms with van der Waals surface area (Å²) in [6, 6.07) is 0.151. The van der Waals surface area contributed by atoms with E-state index in [-0.39, 0.29) is 105 Å². The highest BCUT2D eigenvalue weighted by molar-refractivity contribution is 5.95. The number of likely N-dealkylation sites (tertiary alicyclic amines) is 1. The molecule has 2 rings (SSSR count). The smallest absolute Gasteiger partial charge is 0.407 e. The Morgan fingerprint density at radius 2 is 1.13 bits per heavy atom. The fourth-order valence-corrected chi connectivity index (χ4v) is 13.5. The molecule has 44 nitrogen and oxygen atoms in total. The van der Waals surface area contributed by atoms with Crippen LogP contribution < -0.4 is 69.1 Å². The van der Waals surface area contributed by atoms with Crippen molar-refractivity contribution in [3.63, 3.8) is 0 Å². The standard InChI is InChI=1S/C83H140N16O28/c1-17-49(6)71(98(14)79(118)69(47(2)3)96-78(117)70(48(4)5)97(12)13)59(123-15)38-68(111)99-34-21-25-56(99)74(124-16)50(7)75(114)95-54(37-52-23-19-18-20-24-52)76(115)85-31-22-35-126-81(121)51(8)92-63(106)29-33-86-82(122)127-45-55(77(116)94-53(80(119)120)26-27-60(103)87-39-57(101)72(112)73(113)58(102)44-100)93-67(110)43-91-66(109)42-90-65(108)41-89-64(107)40-88-61(104)28-32-84-62(105)30-36-125-46-83(9,10)11/h18-20,23-24,47-51,53-59,69-74,100-102,112-113H,17,21-22,25-46H2,1-16H3,(H,84,105)(H,85,115)(H,86,122)(H,87,103)(H,88,104)(H,89,107)(H,90,108)(H,91,109)(H,92,106)(H,93,110)(H,94,116)(H,95,114)(H,96,117)(H,119,120)/t49-,50+,51?,53?,54-,55?,56-,57-,58+,59+,69-,70-,71-,72+,73+,74+/m0/s1. The molecule has 16 atom stereocenters. The lowest BCUT2D eigenvalue weighted by Crippen LogP contribution is -2.59. The molecule has 127 heavy (non-hydrogen) atoms. The molecule has 1 fully saturated rings. The van der Waals surface area contributed by atoms with E-state index in [0.29, 0.717) is 38.0 Å². The first-order valence-electron chi connectivity index (χ1n) is 42.6. The van der Waals surface area contributed by atoms with Crippen LogP contribution in [0.25, 0.3) is 0 Å². The van der Waals surface area contributed by atoms with Crippen LogP contribution >= 0.6 is 0 Å². The second-order valence-corrected chi connectivity index (χ2v) is 33.3. The number of carboxylic acids is 1. The van der Waals surface area contributed by atoms with Crippen LogP contribution in [0.4, 0.5) is 4.79 Å². The first-order valence-corrected chi connectivity index (χ1v) is 42.6. The number of aliphatic hydroxyl groups excluding tert-OH is 5. The number of aliphatic carboxylic acids is 1. The number of rotatable bonds is 60. The Kier molecular flexibility index (Phi) is 52.3. The van der Waals surface area contributed by atoms with Crippen LogP contribution in [-0.2, 0) is 107 Å². The summed E-state index contributed by atoms with van der Waals surface area (Å²) in [4.78, 5) is 229. The molecular formula is C83H140N16O28. The molecule has 19 N–H and O–H groups in total. The number of carboxylic acid groups (broad SMARTS) is 1. The van der Waals surface area contributed by atoms with Crippen molar-refractivity contribution < 1.29 is 136 Å². The maximum absolute atomic E-state index is 14.6. The predicted molar refractivity (Wildman–Crippen MR) is 457 cm³/mol. The van der Waals surface area contributed by atoms with Gasteiger partial charge in [-0.2, -0.15) is 0 Å². The van der Waals surface area contributed by atoms with E-state index < -0.39 is 240 Å². The largest absolute Gasteiger partial charge is 0.480 e. The van der Waals surface area contributed by atoms with E-state index in [1.54, 1.807) is 54.1 Å². The Morgan fingerprint density at radius 3 is 1.69 bits per heavy atom. The number of aliphatic hydroxyl groups is 5. The topological polar surface area (TPSA) is 624 Å². The lowest BCUT2D eigenvalue weighted by Gasteiger charge is -2.41. The molecule has 0 aliphatic carbocycles. The summed E-state index contributed by atoms with van der Waals surface area (Å²) < 4.78 is 28.0. The number of hydrogen-bond acceptors (Lipinski definition) is 28. The molecule has 0 radical (unpaired) electrons. The van der Waals surface area contributed by atoms with Gasteiger partial charge in [0.2, 0.25) is 82.7 Å². The highest BCUT2D eigenvalue weighted by Crippen LogP contribution is 2.30. The monoisotopic (exact) mass is 1810 g/mol. The van der Waals surface area contributed by atoms with Gasteiger partial charge in [0.15, 0.2) is 0 Å². The van der Waals surface area contributed by atoms with Crippen molar-refractivity contribution in [2.45, 2.75) is 232 Å². The van der Waals surface area contributed by atoms with Crippen LogP contribution in [0.5, 0.6) is 0 Å². The van der Waals surface area contributed by atoms with Gasteiger partial charge in [-0.25, -0.2) is 14.4 Å². The molecule has 15 amide bonds. The van der Waals surface area contributed by atoms with Crippen LogP contribution in [0.15, 0.2) is 30.3 Å². The van der Waals surface area contributed by atoms with Crippen molar-refractivity contribution >= 4 is 101 Å². The first-order chi connectivity index (χ1) is 59.7. The summed E-state index contributed by atoms with van der Waals surface area (Å²) >= 11 is 0. The molecule has 0 aromatic heterocycles. The molecule has 1 aromatic carbocycles. The van der Waals surface area contributed by atoms with Crippen molar-refractivity contribution in [3.05, 3.63) is 35.9 Å². The van der Waals surface area contributed by atoms with Crippen molar-refractivity contribution in [3.8, 4) is 0 Å². The Labute approximate surface area is 741 Å². The summed E-state index contributed by atoms with van der Waals surface area (Å²) in [5.41, 5.74) is 0.635. The van der Waals surface area contributed by atoms with Gasteiger partial charge < -0.3 is 133 Å². The minimum absolute atomic E-state index is 0.0212. The number of methoxy groups -OCH3 is 2. The number of carbonyl (C=O) groups is 17. The second-order valence-electron chi connectivity index (χ2n) is 33.3. The van der Waals surface area contributed by atoms with E-state index in [1.165, 1.54) is 21.1 Å². The third-order valence-corrected chi connectivity index (χ3v) is 20.7.